The zero-order chi connectivity index (χ0) is 27.4. The highest BCUT2D eigenvalue weighted by atomic mass is 32.2. The van der Waals surface area contributed by atoms with Crippen molar-refractivity contribution in [2.45, 2.75) is 22.9 Å². The molecule has 6 nitrogen and oxygen atoms in total. The summed E-state index contributed by atoms with van der Waals surface area (Å²) >= 11 is 5.20. The Morgan fingerprint density at radius 2 is 1.11 bits per heavy atom. The van der Waals surface area contributed by atoms with E-state index in [-0.39, 0.29) is 0 Å². The van der Waals surface area contributed by atoms with Crippen LogP contribution in [0.5, 0.6) is 0 Å². The molecule has 2 aliphatic rings. The Labute approximate surface area is 242 Å². The number of rotatable bonds is 10. The lowest BCUT2D eigenvalue weighted by molar-refractivity contribution is 0.190. The number of sulfone groups is 1. The summed E-state index contributed by atoms with van der Waals surface area (Å²) in [5, 5.41) is 3.77. The molecule has 0 unspecified atom stereocenters. The molecule has 2 heterocycles. The minimum Gasteiger partial charge on any atom is -0.296 e. The normalized spacial score (nSPS) is 17.9. The number of piperazine rings is 2. The molecule has 2 saturated heterocycles. The smallest absolute Gasteiger partial charge is 0.175 e. The van der Waals surface area contributed by atoms with Crippen molar-refractivity contribution in [3.05, 3.63) is 83.6 Å². The highest BCUT2D eigenvalue weighted by Gasteiger charge is 2.17. The van der Waals surface area contributed by atoms with E-state index in [1.807, 2.05) is 22.9 Å². The number of thioether (sulfide) groups is 1. The monoisotopic (exact) mass is 592 g/mol. The summed E-state index contributed by atoms with van der Waals surface area (Å²) in [5.74, 6) is 0. The van der Waals surface area contributed by atoms with Gasteiger partial charge in [-0.3, -0.25) is 9.80 Å². The van der Waals surface area contributed by atoms with Crippen LogP contribution in [0.2, 0.25) is 0 Å². The van der Waals surface area contributed by atoms with Crippen LogP contribution in [-0.4, -0.2) is 91.7 Å². The van der Waals surface area contributed by atoms with Crippen LogP contribution in [0.1, 0.15) is 11.1 Å². The molecule has 0 atom stereocenters. The fourth-order valence-corrected chi connectivity index (χ4v) is 6.49. The lowest BCUT2D eigenvalue weighted by Crippen LogP contribution is -2.42. The fourth-order valence-electron chi connectivity index (χ4n) is 4.29. The van der Waals surface area contributed by atoms with E-state index >= 15 is 0 Å². The van der Waals surface area contributed by atoms with E-state index in [4.69, 9.17) is 0 Å². The minimum absolute atomic E-state index is 0.383. The number of benzene rings is 2. The molecule has 0 bridgehead atoms. The first-order valence-electron chi connectivity index (χ1n) is 12.7. The standard InChI is InChI=1S/C14H20N2O2S2.C14H20N2S2/c1-3-19-16-10-8-15(9-11-16)12-13-4-6-14(7-5-13)20(2,17)18;1-3-18-16-10-8-15(9-11-16)12-13-4-6-14(17-2)7-5-13/h3-7H,1,8-12H2,2H3;3-7H,1,8-12H2,2H3. The van der Waals surface area contributed by atoms with Crippen molar-refractivity contribution >= 4 is 45.5 Å². The highest BCUT2D eigenvalue weighted by Crippen LogP contribution is 2.19. The molecule has 2 aliphatic heterocycles. The summed E-state index contributed by atoms with van der Waals surface area (Å²) < 4.78 is 27.5. The third-order valence-electron chi connectivity index (χ3n) is 6.43. The van der Waals surface area contributed by atoms with Crippen LogP contribution in [0, 0.1) is 0 Å². The van der Waals surface area contributed by atoms with Gasteiger partial charge >= 0.3 is 0 Å². The predicted octanol–water partition coefficient (Wildman–Crippen LogP) is 5.32. The first-order valence-corrected chi connectivity index (χ1v) is 17.5. The summed E-state index contributed by atoms with van der Waals surface area (Å²) in [5.41, 5.74) is 2.57. The van der Waals surface area contributed by atoms with Crippen molar-refractivity contribution in [1.82, 2.24) is 18.4 Å². The molecule has 10 heteroatoms. The Morgan fingerprint density at radius 3 is 1.45 bits per heavy atom. The van der Waals surface area contributed by atoms with E-state index in [1.165, 1.54) is 16.7 Å². The minimum atomic E-state index is -3.10. The average molecular weight is 593 g/mol. The molecule has 0 amide bonds. The molecular weight excluding hydrogens is 553 g/mol. The summed E-state index contributed by atoms with van der Waals surface area (Å²) in [7, 11) is -3.10. The second-order valence-electron chi connectivity index (χ2n) is 9.22. The second-order valence-corrected chi connectivity index (χ2v) is 14.2. The Balaban J connectivity index is 0.000000212. The lowest BCUT2D eigenvalue weighted by atomic mass is 10.2. The Kier molecular flexibility index (Phi) is 13.3. The van der Waals surface area contributed by atoms with Gasteiger partial charge in [-0.2, -0.15) is 0 Å². The van der Waals surface area contributed by atoms with E-state index in [0.29, 0.717) is 4.90 Å². The van der Waals surface area contributed by atoms with Gasteiger partial charge < -0.3 is 0 Å². The summed E-state index contributed by atoms with van der Waals surface area (Å²) in [4.78, 5) is 6.63. The molecular formula is C28H40N4O2S4. The van der Waals surface area contributed by atoms with Gasteiger partial charge in [0.1, 0.15) is 0 Å². The van der Waals surface area contributed by atoms with Gasteiger partial charge in [0.25, 0.3) is 0 Å². The van der Waals surface area contributed by atoms with Gasteiger partial charge in [-0.05, 0) is 52.5 Å². The third-order valence-corrected chi connectivity index (χ3v) is 9.93. The molecule has 0 aromatic heterocycles. The molecule has 208 valence electrons. The second kappa shape index (κ2) is 16.1. The van der Waals surface area contributed by atoms with Crippen molar-refractivity contribution in [1.29, 1.82) is 0 Å². The number of hydrogen-bond donors (Lipinski definition) is 0. The van der Waals surface area contributed by atoms with Gasteiger partial charge in [0, 0.05) is 76.6 Å². The van der Waals surface area contributed by atoms with Crippen molar-refractivity contribution in [2.75, 3.05) is 64.9 Å². The maximum absolute atomic E-state index is 11.4. The Bertz CT molecular complexity index is 1090. The van der Waals surface area contributed by atoms with Gasteiger partial charge in [-0.15, -0.1) is 11.8 Å². The van der Waals surface area contributed by atoms with Crippen molar-refractivity contribution < 1.29 is 8.42 Å². The number of hydrogen-bond acceptors (Lipinski definition) is 9. The van der Waals surface area contributed by atoms with E-state index in [2.05, 4.69) is 62.1 Å². The third kappa shape index (κ3) is 10.7. The topological polar surface area (TPSA) is 47.1 Å². The molecule has 0 spiro atoms. The molecule has 2 aromatic carbocycles. The van der Waals surface area contributed by atoms with Gasteiger partial charge in [-0.1, -0.05) is 61.3 Å². The van der Waals surface area contributed by atoms with Gasteiger partial charge in [0.2, 0.25) is 0 Å². The van der Waals surface area contributed by atoms with Gasteiger partial charge in [-0.25, -0.2) is 17.0 Å². The quantitative estimate of drug-likeness (QED) is 0.270. The highest BCUT2D eigenvalue weighted by molar-refractivity contribution is 8.00. The molecule has 2 aromatic rings. The molecule has 0 N–H and O–H groups in total. The van der Waals surface area contributed by atoms with Gasteiger partial charge in [0.15, 0.2) is 9.84 Å². The molecule has 2 fully saturated rings. The lowest BCUT2D eigenvalue weighted by Gasteiger charge is -2.33. The zero-order valence-electron chi connectivity index (χ0n) is 22.5. The summed E-state index contributed by atoms with van der Waals surface area (Å²) in [6.45, 7) is 18.1. The van der Waals surface area contributed by atoms with Crippen LogP contribution in [0.4, 0.5) is 0 Å². The van der Waals surface area contributed by atoms with Crippen LogP contribution in [-0.2, 0) is 22.9 Å². The van der Waals surface area contributed by atoms with Crippen LogP contribution < -0.4 is 0 Å². The van der Waals surface area contributed by atoms with Gasteiger partial charge in [0.05, 0.1) is 4.90 Å². The first-order chi connectivity index (χ1) is 18.3. The van der Waals surface area contributed by atoms with E-state index in [0.717, 1.165) is 71.0 Å². The molecule has 0 saturated carbocycles. The Hall–Kier alpha value is -1.24. The molecule has 4 rings (SSSR count). The molecule has 38 heavy (non-hydrogen) atoms. The maximum Gasteiger partial charge on any atom is 0.175 e. The zero-order valence-corrected chi connectivity index (χ0v) is 25.8. The Morgan fingerprint density at radius 1 is 0.711 bits per heavy atom. The van der Waals surface area contributed by atoms with E-state index < -0.39 is 9.84 Å². The van der Waals surface area contributed by atoms with Crippen LogP contribution in [0.25, 0.3) is 0 Å². The average Bonchev–Trinajstić information content (AvgIpc) is 2.92. The maximum atomic E-state index is 11.4. The van der Waals surface area contributed by atoms with E-state index in [9.17, 15) is 8.42 Å². The van der Waals surface area contributed by atoms with Crippen LogP contribution in [0.3, 0.4) is 0 Å². The molecule has 0 radical (unpaired) electrons. The summed E-state index contributed by atoms with van der Waals surface area (Å²) in [6, 6.07) is 16.1. The van der Waals surface area contributed by atoms with Crippen molar-refractivity contribution in [3.63, 3.8) is 0 Å². The van der Waals surface area contributed by atoms with Crippen LogP contribution >= 0.6 is 35.7 Å². The van der Waals surface area contributed by atoms with E-state index in [1.54, 1.807) is 47.8 Å². The first kappa shape index (κ1) is 31.3. The largest absolute Gasteiger partial charge is 0.296 e. The molecule has 0 aliphatic carbocycles. The van der Waals surface area contributed by atoms with Crippen molar-refractivity contribution in [3.8, 4) is 0 Å². The number of nitrogens with zero attached hydrogens (tertiary/aromatic N) is 4. The fraction of sp³-hybridized carbons (Fsp3) is 0.429. The van der Waals surface area contributed by atoms with Crippen molar-refractivity contribution in [2.24, 2.45) is 0 Å². The SMILES string of the molecule is C=CSN1CCN(Cc2ccc(S(C)(=O)=O)cc2)CC1.C=CSN1CCN(Cc2ccc(SC)cc2)CC1. The predicted molar refractivity (Wildman–Crippen MR) is 167 cm³/mol. The summed E-state index contributed by atoms with van der Waals surface area (Å²) in [6.07, 6.45) is 3.35. The van der Waals surface area contributed by atoms with Crippen LogP contribution in [0.15, 0.2) is 82.3 Å².